The molecule has 1 amide bonds. The molecule has 2 atom stereocenters. The van der Waals surface area contributed by atoms with E-state index in [-0.39, 0.29) is 24.2 Å². The van der Waals surface area contributed by atoms with Gasteiger partial charge in [0.1, 0.15) is 12.0 Å². The van der Waals surface area contributed by atoms with E-state index in [1.807, 2.05) is 60.5 Å². The summed E-state index contributed by atoms with van der Waals surface area (Å²) in [4.78, 5) is 17.5. The molecule has 0 radical (unpaired) electrons. The highest BCUT2D eigenvalue weighted by atomic mass is 19.1. The number of rotatable bonds is 4. The number of hydrogen-bond acceptors (Lipinski definition) is 4. The summed E-state index contributed by atoms with van der Waals surface area (Å²) in [5.74, 6) is 0.388. The Balaban J connectivity index is 1.43. The van der Waals surface area contributed by atoms with E-state index in [2.05, 4.69) is 20.5 Å². The molecule has 4 rings (SSSR count). The van der Waals surface area contributed by atoms with Gasteiger partial charge in [-0.15, -0.1) is 10.2 Å². The SMILES string of the molecule is CN1C[C@H](NC(=O)c2nnc(Cc3ccccc3)[nH]2)C[C@@H](F)c2ccccc21. The van der Waals surface area contributed by atoms with E-state index in [9.17, 15) is 9.18 Å². The van der Waals surface area contributed by atoms with Crippen LogP contribution in [0.2, 0.25) is 0 Å². The molecule has 0 saturated carbocycles. The Morgan fingerprint density at radius 2 is 1.93 bits per heavy atom. The molecule has 2 heterocycles. The van der Waals surface area contributed by atoms with Crippen LogP contribution >= 0.6 is 0 Å². The van der Waals surface area contributed by atoms with Crippen molar-refractivity contribution in [1.29, 1.82) is 0 Å². The molecule has 0 fully saturated rings. The molecule has 1 aromatic heterocycles. The number of alkyl halides is 1. The zero-order valence-corrected chi connectivity index (χ0v) is 15.6. The number of carbonyl (C=O) groups excluding carboxylic acids is 1. The lowest BCUT2D eigenvalue weighted by Gasteiger charge is -2.23. The van der Waals surface area contributed by atoms with Crippen molar-refractivity contribution < 1.29 is 9.18 Å². The monoisotopic (exact) mass is 379 g/mol. The largest absolute Gasteiger partial charge is 0.372 e. The zero-order chi connectivity index (χ0) is 19.5. The third-order valence-corrected chi connectivity index (χ3v) is 4.97. The number of amides is 1. The molecule has 0 spiro atoms. The smallest absolute Gasteiger partial charge is 0.289 e. The summed E-state index contributed by atoms with van der Waals surface area (Å²) in [6.45, 7) is 0.522. The minimum atomic E-state index is -1.13. The van der Waals surface area contributed by atoms with Crippen molar-refractivity contribution in [2.45, 2.75) is 25.1 Å². The van der Waals surface area contributed by atoms with Crippen molar-refractivity contribution in [2.75, 3.05) is 18.5 Å². The maximum atomic E-state index is 14.7. The highest BCUT2D eigenvalue weighted by Gasteiger charge is 2.28. The number of halogens is 1. The number of aromatic nitrogens is 3. The number of carbonyl (C=O) groups is 1. The van der Waals surface area contributed by atoms with Crippen LogP contribution in [0, 0.1) is 0 Å². The van der Waals surface area contributed by atoms with Crippen molar-refractivity contribution in [3.63, 3.8) is 0 Å². The second-order valence-electron chi connectivity index (χ2n) is 7.10. The Morgan fingerprint density at radius 3 is 2.75 bits per heavy atom. The number of para-hydroxylation sites is 1. The summed E-state index contributed by atoms with van der Waals surface area (Å²) in [5, 5.41) is 10.9. The number of nitrogens with zero attached hydrogens (tertiary/aromatic N) is 3. The lowest BCUT2D eigenvalue weighted by molar-refractivity contribution is 0.0920. The summed E-state index contributed by atoms with van der Waals surface area (Å²) in [7, 11) is 1.91. The number of anilines is 1. The van der Waals surface area contributed by atoms with Crippen molar-refractivity contribution >= 4 is 11.6 Å². The molecule has 2 aromatic carbocycles. The molecule has 28 heavy (non-hydrogen) atoms. The second-order valence-corrected chi connectivity index (χ2v) is 7.10. The molecule has 0 aliphatic carbocycles. The van der Waals surface area contributed by atoms with E-state index in [1.54, 1.807) is 6.07 Å². The quantitative estimate of drug-likeness (QED) is 0.731. The van der Waals surface area contributed by atoms with Gasteiger partial charge in [-0.05, 0) is 11.6 Å². The molecule has 2 N–H and O–H groups in total. The molecule has 0 saturated heterocycles. The maximum Gasteiger partial charge on any atom is 0.289 e. The van der Waals surface area contributed by atoms with E-state index in [0.29, 0.717) is 24.4 Å². The molecule has 7 heteroatoms. The fourth-order valence-corrected chi connectivity index (χ4v) is 3.61. The first kappa shape index (κ1) is 18.2. The van der Waals surface area contributed by atoms with Gasteiger partial charge in [-0.3, -0.25) is 4.79 Å². The van der Waals surface area contributed by atoms with E-state index < -0.39 is 6.17 Å². The van der Waals surface area contributed by atoms with Gasteiger partial charge < -0.3 is 15.2 Å². The van der Waals surface area contributed by atoms with Crippen LogP contribution in [0.4, 0.5) is 10.1 Å². The van der Waals surface area contributed by atoms with Crippen LogP contribution in [-0.4, -0.2) is 40.7 Å². The molecule has 144 valence electrons. The minimum Gasteiger partial charge on any atom is -0.372 e. The first-order valence-electron chi connectivity index (χ1n) is 9.30. The summed E-state index contributed by atoms with van der Waals surface area (Å²) >= 11 is 0. The normalized spacial score (nSPS) is 19.0. The Morgan fingerprint density at radius 1 is 1.18 bits per heavy atom. The van der Waals surface area contributed by atoms with Gasteiger partial charge >= 0.3 is 0 Å². The number of nitrogens with one attached hydrogen (secondary N) is 2. The first-order valence-corrected chi connectivity index (χ1v) is 9.30. The van der Waals surface area contributed by atoms with Gasteiger partial charge in [-0.1, -0.05) is 48.5 Å². The molecular formula is C21H22FN5O. The van der Waals surface area contributed by atoms with Crippen molar-refractivity contribution in [2.24, 2.45) is 0 Å². The lowest BCUT2D eigenvalue weighted by Crippen LogP contribution is -2.42. The molecular weight excluding hydrogens is 357 g/mol. The Hall–Kier alpha value is -3.22. The Kier molecular flexibility index (Phi) is 5.06. The van der Waals surface area contributed by atoms with Gasteiger partial charge in [-0.25, -0.2) is 4.39 Å². The number of benzene rings is 2. The molecule has 3 aromatic rings. The summed E-state index contributed by atoms with van der Waals surface area (Å²) < 4.78 is 14.7. The second kappa shape index (κ2) is 7.80. The number of hydrogen-bond donors (Lipinski definition) is 2. The van der Waals surface area contributed by atoms with Crippen molar-refractivity contribution in [1.82, 2.24) is 20.5 Å². The lowest BCUT2D eigenvalue weighted by atomic mass is 10.0. The highest BCUT2D eigenvalue weighted by Crippen LogP contribution is 2.34. The van der Waals surface area contributed by atoms with Gasteiger partial charge in [0.25, 0.3) is 5.91 Å². The highest BCUT2D eigenvalue weighted by molar-refractivity contribution is 5.90. The topological polar surface area (TPSA) is 73.9 Å². The third-order valence-electron chi connectivity index (χ3n) is 4.97. The van der Waals surface area contributed by atoms with Crippen LogP contribution < -0.4 is 10.2 Å². The van der Waals surface area contributed by atoms with E-state index in [0.717, 1.165) is 11.3 Å². The zero-order valence-electron chi connectivity index (χ0n) is 15.6. The number of likely N-dealkylation sites (N-methyl/N-ethyl adjacent to an activating group) is 1. The molecule has 1 aliphatic heterocycles. The number of aromatic amines is 1. The van der Waals surface area contributed by atoms with Crippen LogP contribution in [0.1, 0.15) is 40.2 Å². The molecule has 1 aliphatic rings. The van der Waals surface area contributed by atoms with Crippen molar-refractivity contribution in [3.05, 3.63) is 77.4 Å². The van der Waals surface area contributed by atoms with Gasteiger partial charge in [0.05, 0.1) is 0 Å². The minimum absolute atomic E-state index is 0.144. The van der Waals surface area contributed by atoms with Crippen LogP contribution in [-0.2, 0) is 6.42 Å². The van der Waals surface area contributed by atoms with Gasteiger partial charge in [0.2, 0.25) is 5.82 Å². The van der Waals surface area contributed by atoms with Crippen molar-refractivity contribution in [3.8, 4) is 0 Å². The fraction of sp³-hybridized carbons (Fsp3) is 0.286. The molecule has 0 bridgehead atoms. The number of fused-ring (bicyclic) bond motifs is 1. The van der Waals surface area contributed by atoms with Gasteiger partial charge in [0, 0.05) is 43.7 Å². The average molecular weight is 379 g/mol. The average Bonchev–Trinajstić information content (AvgIpc) is 3.12. The first-order chi connectivity index (χ1) is 13.6. The van der Waals surface area contributed by atoms with E-state index in [1.165, 1.54) is 0 Å². The number of H-pyrrole nitrogens is 1. The molecule has 0 unspecified atom stereocenters. The summed E-state index contributed by atoms with van der Waals surface area (Å²) in [5.41, 5.74) is 2.59. The van der Waals surface area contributed by atoms with Crippen LogP contribution in [0.5, 0.6) is 0 Å². The van der Waals surface area contributed by atoms with E-state index in [4.69, 9.17) is 0 Å². The maximum absolute atomic E-state index is 14.7. The Bertz CT molecular complexity index is 927. The predicted octanol–water partition coefficient (Wildman–Crippen LogP) is 3.04. The fourth-order valence-electron chi connectivity index (χ4n) is 3.61. The predicted molar refractivity (Wildman–Crippen MR) is 105 cm³/mol. The van der Waals surface area contributed by atoms with Gasteiger partial charge in [-0.2, -0.15) is 0 Å². The van der Waals surface area contributed by atoms with Crippen LogP contribution in [0.3, 0.4) is 0 Å². The van der Waals surface area contributed by atoms with Crippen LogP contribution in [0.25, 0.3) is 0 Å². The Labute approximate surface area is 162 Å². The summed E-state index contributed by atoms with van der Waals surface area (Å²) in [6, 6.07) is 16.9. The van der Waals surface area contributed by atoms with E-state index >= 15 is 0 Å². The summed E-state index contributed by atoms with van der Waals surface area (Å²) in [6.07, 6.45) is -0.345. The van der Waals surface area contributed by atoms with Gasteiger partial charge in [0.15, 0.2) is 0 Å². The standard InChI is InChI=1S/C21H22FN5O/c1-27-13-15(12-17(22)16-9-5-6-10-18(16)27)23-21(28)20-24-19(25-26-20)11-14-7-3-2-4-8-14/h2-10,15,17H,11-13H2,1H3,(H,23,28)(H,24,25,26)/t15-,17-/m1/s1. The molecule has 6 nitrogen and oxygen atoms in total. The third kappa shape index (κ3) is 3.88. The van der Waals surface area contributed by atoms with Crippen LogP contribution in [0.15, 0.2) is 54.6 Å².